The second-order valence-corrected chi connectivity index (χ2v) is 10.3. The van der Waals surface area contributed by atoms with Crippen LogP contribution < -0.4 is 15.9 Å². The Morgan fingerprint density at radius 3 is 1.24 bits per heavy atom. The second-order valence-electron chi connectivity index (χ2n) is 6.47. The molecule has 0 fully saturated rings. The Balaban J connectivity index is 0.000000771. The van der Waals surface area contributed by atoms with Crippen molar-refractivity contribution >= 4 is 45.7 Å². The van der Waals surface area contributed by atoms with Gasteiger partial charge in [0.05, 0.1) is 13.2 Å². The summed E-state index contributed by atoms with van der Waals surface area (Å²) >= 11 is 0. The molecule has 0 heterocycles. The van der Waals surface area contributed by atoms with Crippen LogP contribution in [0.3, 0.4) is 0 Å². The van der Waals surface area contributed by atoms with Crippen molar-refractivity contribution in [2.75, 3.05) is 13.2 Å². The fourth-order valence-corrected chi connectivity index (χ4v) is 8.13. The van der Waals surface area contributed by atoms with Crippen molar-refractivity contribution in [3.05, 3.63) is 91.0 Å². The number of carbonyl (C=O) groups excluding carboxylic acids is 1. The second kappa shape index (κ2) is 13.4. The van der Waals surface area contributed by atoms with Gasteiger partial charge in [-0.2, -0.15) is 0 Å². The number of halogens is 1. The zero-order valence-corrected chi connectivity index (χ0v) is 19.4. The van der Waals surface area contributed by atoms with E-state index in [1.807, 2.05) is 54.6 Å². The van der Waals surface area contributed by atoms with Crippen molar-refractivity contribution in [1.82, 2.24) is 0 Å². The minimum absolute atomic E-state index is 0. The van der Waals surface area contributed by atoms with Crippen molar-refractivity contribution in [2.45, 2.75) is 19.8 Å². The predicted octanol–water partition coefficient (Wildman–Crippen LogP) is 3.59. The summed E-state index contributed by atoms with van der Waals surface area (Å²) in [5.41, 5.74) is 0.383. The molecule has 0 aliphatic rings. The number of carbonyl (C=O) groups is 1. The van der Waals surface area contributed by atoms with Gasteiger partial charge < -0.3 is 10.2 Å². The molecule has 156 valence electrons. The monoisotopic (exact) mass is 476 g/mol. The summed E-state index contributed by atoms with van der Waals surface area (Å²) in [7, 11) is -2.69. The van der Waals surface area contributed by atoms with Crippen molar-refractivity contribution in [3.8, 4) is 0 Å². The zero-order valence-electron chi connectivity index (χ0n) is 16.7. The van der Waals surface area contributed by atoms with Crippen LogP contribution in [0.2, 0.25) is 0 Å². The molecular formula is C24H30BrO3P. The van der Waals surface area contributed by atoms with Gasteiger partial charge in [0, 0.05) is 0 Å². The Morgan fingerprint density at radius 2 is 1.00 bits per heavy atom. The van der Waals surface area contributed by atoms with E-state index in [2.05, 4.69) is 43.3 Å². The van der Waals surface area contributed by atoms with Crippen molar-refractivity contribution in [1.29, 1.82) is 0 Å². The van der Waals surface area contributed by atoms with Gasteiger partial charge in [0.15, 0.2) is 0 Å². The van der Waals surface area contributed by atoms with E-state index in [4.69, 9.17) is 10.2 Å². The van der Waals surface area contributed by atoms with Crippen LogP contribution in [0.1, 0.15) is 19.8 Å². The van der Waals surface area contributed by atoms with Crippen molar-refractivity contribution in [3.63, 3.8) is 0 Å². The van der Waals surface area contributed by atoms with Crippen LogP contribution in [0.5, 0.6) is 0 Å². The zero-order chi connectivity index (χ0) is 20.2. The molecule has 0 atom stereocenters. The molecule has 3 aromatic rings. The topological polar surface area (TPSA) is 57.5 Å². The van der Waals surface area contributed by atoms with E-state index in [0.29, 0.717) is 11.9 Å². The van der Waals surface area contributed by atoms with Crippen molar-refractivity contribution < 1.29 is 15.0 Å². The molecule has 0 bridgehead atoms. The summed E-state index contributed by atoms with van der Waals surface area (Å²) in [4.78, 5) is 13.5. The smallest absolute Gasteiger partial charge is 0.0662 e. The maximum atomic E-state index is 13.5. The molecular weight excluding hydrogens is 447 g/mol. The molecule has 0 aliphatic heterocycles. The summed E-state index contributed by atoms with van der Waals surface area (Å²) in [5, 5.41) is 18.8. The average Bonchev–Trinajstić information content (AvgIpc) is 2.77. The average molecular weight is 477 g/mol. The first kappa shape index (κ1) is 25.2. The van der Waals surface area contributed by atoms with Crippen LogP contribution in [-0.2, 0) is 4.79 Å². The molecule has 29 heavy (non-hydrogen) atoms. The minimum atomic E-state index is -2.69. The molecule has 0 saturated carbocycles. The standard InChI is InChI=1S/C22H23OP.C2H6O2.BrH/c1-2-12-22(23)24(19-13-6-3-7-14-19,20-15-8-4-9-16-20)21-17-10-5-11-18-21;3-1-2-4;/h3-11,13-18,24H,2,12H2,1H3;3-4H,1-2H2;1H. The van der Waals surface area contributed by atoms with Gasteiger partial charge in [-0.1, -0.05) is 0 Å². The van der Waals surface area contributed by atoms with Crippen LogP contribution >= 0.6 is 24.2 Å². The van der Waals surface area contributed by atoms with E-state index >= 15 is 0 Å². The first-order chi connectivity index (χ1) is 13.7. The SMILES string of the molecule is Br.CCCC(=O)[PH](c1ccccc1)(c1ccccc1)c1ccccc1.OCCO. The molecule has 3 aromatic carbocycles. The van der Waals surface area contributed by atoms with Crippen LogP contribution in [0, 0.1) is 0 Å². The number of hydrogen-bond donors (Lipinski definition) is 2. The van der Waals surface area contributed by atoms with Crippen LogP contribution in [0.4, 0.5) is 0 Å². The summed E-state index contributed by atoms with van der Waals surface area (Å²) in [6.07, 6.45) is 1.49. The summed E-state index contributed by atoms with van der Waals surface area (Å²) < 4.78 is 0. The maximum absolute atomic E-state index is 13.5. The number of aliphatic hydroxyl groups excluding tert-OH is 2. The maximum Gasteiger partial charge on any atom is 0.0662 e. The molecule has 5 heteroatoms. The molecule has 0 amide bonds. The third-order valence-electron chi connectivity index (χ3n) is 4.62. The van der Waals surface area contributed by atoms with Gasteiger partial charge in [-0.15, -0.1) is 17.0 Å². The molecule has 0 radical (unpaired) electrons. The number of aliphatic hydroxyl groups is 2. The third kappa shape index (κ3) is 6.07. The summed E-state index contributed by atoms with van der Waals surface area (Å²) in [5.74, 6) is 0. The van der Waals surface area contributed by atoms with Gasteiger partial charge in [0.2, 0.25) is 0 Å². The summed E-state index contributed by atoms with van der Waals surface area (Å²) in [6.45, 7) is 1.83. The predicted molar refractivity (Wildman–Crippen MR) is 131 cm³/mol. The fraction of sp³-hybridized carbons (Fsp3) is 0.208. The molecule has 0 spiro atoms. The molecule has 3 rings (SSSR count). The first-order valence-electron chi connectivity index (χ1n) is 9.63. The normalized spacial score (nSPS) is 10.9. The molecule has 0 unspecified atom stereocenters. The Morgan fingerprint density at radius 1 is 0.690 bits per heavy atom. The number of benzene rings is 3. The summed E-state index contributed by atoms with van der Waals surface area (Å²) in [6, 6.07) is 31.1. The molecule has 2 N–H and O–H groups in total. The van der Waals surface area contributed by atoms with Gasteiger partial charge in [-0.05, 0) is 0 Å². The number of hydrogen-bond acceptors (Lipinski definition) is 3. The minimum Gasteiger partial charge on any atom is -0.394 e. The van der Waals surface area contributed by atoms with Crippen LogP contribution in [-0.4, -0.2) is 29.0 Å². The molecule has 0 saturated heterocycles. The van der Waals surface area contributed by atoms with E-state index in [-0.39, 0.29) is 30.2 Å². The largest absolute Gasteiger partial charge is 0.394 e. The van der Waals surface area contributed by atoms with Gasteiger partial charge in [0.25, 0.3) is 0 Å². The molecule has 0 aromatic heterocycles. The van der Waals surface area contributed by atoms with Crippen LogP contribution in [0.15, 0.2) is 91.0 Å². The van der Waals surface area contributed by atoms with Gasteiger partial charge in [-0.25, -0.2) is 0 Å². The van der Waals surface area contributed by atoms with Crippen molar-refractivity contribution in [2.24, 2.45) is 0 Å². The van der Waals surface area contributed by atoms with E-state index in [0.717, 1.165) is 6.42 Å². The van der Waals surface area contributed by atoms with Gasteiger partial charge >= 0.3 is 144 Å². The fourth-order valence-electron chi connectivity index (χ4n) is 3.46. The van der Waals surface area contributed by atoms with E-state index in [1.165, 1.54) is 15.9 Å². The first-order valence-corrected chi connectivity index (χ1v) is 11.6. The molecule has 3 nitrogen and oxygen atoms in total. The molecule has 0 aliphatic carbocycles. The number of rotatable bonds is 7. The van der Waals surface area contributed by atoms with E-state index in [1.54, 1.807) is 0 Å². The Labute approximate surface area is 184 Å². The Bertz CT molecular complexity index is 728. The van der Waals surface area contributed by atoms with E-state index in [9.17, 15) is 4.79 Å². The van der Waals surface area contributed by atoms with Crippen LogP contribution in [0.25, 0.3) is 0 Å². The quantitative estimate of drug-likeness (QED) is 0.512. The Hall–Kier alpha value is -1.84. The van der Waals surface area contributed by atoms with Gasteiger partial charge in [0.1, 0.15) is 0 Å². The van der Waals surface area contributed by atoms with Gasteiger partial charge in [-0.3, -0.25) is 0 Å². The Kier molecular flexibility index (Phi) is 11.6. The van der Waals surface area contributed by atoms with E-state index < -0.39 is 7.26 Å². The third-order valence-corrected chi connectivity index (χ3v) is 9.30.